The van der Waals surface area contributed by atoms with Gasteiger partial charge in [0.05, 0.1) is 6.54 Å². The summed E-state index contributed by atoms with van der Waals surface area (Å²) in [6.45, 7) is 5.28. The van der Waals surface area contributed by atoms with Crippen molar-refractivity contribution in [1.29, 1.82) is 0 Å². The summed E-state index contributed by atoms with van der Waals surface area (Å²) in [6.07, 6.45) is -3.21. The molecule has 0 aliphatic carbocycles. The summed E-state index contributed by atoms with van der Waals surface area (Å²) >= 11 is 3.33. The van der Waals surface area contributed by atoms with Gasteiger partial charge in [0.2, 0.25) is 0 Å². The Morgan fingerprint density at radius 1 is 1.27 bits per heavy atom. The molecule has 0 aliphatic heterocycles. The fraction of sp³-hybridized carbons (Fsp3) is 1.00. The van der Waals surface area contributed by atoms with E-state index in [4.69, 9.17) is 0 Å². The van der Waals surface area contributed by atoms with Crippen molar-refractivity contribution >= 4 is 15.9 Å². The fourth-order valence-corrected chi connectivity index (χ4v) is 1.97. The minimum atomic E-state index is -4.10. The van der Waals surface area contributed by atoms with E-state index in [9.17, 15) is 13.2 Å². The van der Waals surface area contributed by atoms with Gasteiger partial charge in [0.25, 0.3) is 0 Å². The van der Waals surface area contributed by atoms with Crippen molar-refractivity contribution in [2.45, 2.75) is 39.4 Å². The Hall–Kier alpha value is 0.230. The second-order valence-electron chi connectivity index (χ2n) is 4.07. The Morgan fingerprint density at radius 2 is 1.80 bits per heavy atom. The van der Waals surface area contributed by atoms with Crippen LogP contribution in [0.1, 0.15) is 27.2 Å². The van der Waals surface area contributed by atoms with Crippen LogP contribution < -0.4 is 0 Å². The lowest BCUT2D eigenvalue weighted by atomic mass is 10.1. The number of rotatable bonds is 6. The van der Waals surface area contributed by atoms with Crippen molar-refractivity contribution in [2.24, 2.45) is 5.92 Å². The lowest BCUT2D eigenvalue weighted by Crippen LogP contribution is -2.42. The number of alkyl halides is 4. The van der Waals surface area contributed by atoms with Crippen LogP contribution in [0.2, 0.25) is 0 Å². The van der Waals surface area contributed by atoms with Crippen LogP contribution in [0.4, 0.5) is 13.2 Å². The maximum Gasteiger partial charge on any atom is 0.401 e. The van der Waals surface area contributed by atoms with Crippen molar-refractivity contribution in [2.75, 3.05) is 18.4 Å². The average Bonchev–Trinajstić information content (AvgIpc) is 2.09. The highest BCUT2D eigenvalue weighted by Crippen LogP contribution is 2.20. The van der Waals surface area contributed by atoms with Gasteiger partial charge in [-0.25, -0.2) is 0 Å². The molecule has 0 aliphatic rings. The lowest BCUT2D eigenvalue weighted by Gasteiger charge is -2.30. The zero-order chi connectivity index (χ0) is 12.1. The van der Waals surface area contributed by atoms with Crippen LogP contribution in [-0.2, 0) is 0 Å². The van der Waals surface area contributed by atoms with Crippen LogP contribution >= 0.6 is 15.9 Å². The molecule has 0 rings (SSSR count). The van der Waals surface area contributed by atoms with E-state index in [2.05, 4.69) is 15.9 Å². The van der Waals surface area contributed by atoms with Gasteiger partial charge < -0.3 is 0 Å². The Bertz CT molecular complexity index is 167. The molecule has 0 spiro atoms. The van der Waals surface area contributed by atoms with Gasteiger partial charge in [0, 0.05) is 17.9 Å². The normalized spacial score (nSPS) is 15.0. The summed E-state index contributed by atoms with van der Waals surface area (Å²) < 4.78 is 36.8. The predicted octanol–water partition coefficient (Wildman–Crippen LogP) is 3.68. The summed E-state index contributed by atoms with van der Waals surface area (Å²) in [5.74, 6) is 0.287. The summed E-state index contributed by atoms with van der Waals surface area (Å²) in [6, 6.07) is -0.0697. The summed E-state index contributed by atoms with van der Waals surface area (Å²) in [5, 5.41) is 0.755. The maximum atomic E-state index is 12.3. The molecular formula is C10H19BrF3N. The van der Waals surface area contributed by atoms with Gasteiger partial charge in [0.1, 0.15) is 0 Å². The SMILES string of the molecule is CCC(CBr)CN(CC(F)(F)F)C(C)C. The minimum absolute atomic E-state index is 0.0697. The first-order valence-electron chi connectivity index (χ1n) is 5.16. The molecule has 0 aromatic carbocycles. The highest BCUT2D eigenvalue weighted by Gasteiger charge is 2.32. The third-order valence-corrected chi connectivity index (χ3v) is 3.32. The van der Waals surface area contributed by atoms with Gasteiger partial charge in [-0.15, -0.1) is 0 Å². The topological polar surface area (TPSA) is 3.24 Å². The van der Waals surface area contributed by atoms with E-state index in [1.807, 2.05) is 6.92 Å². The van der Waals surface area contributed by atoms with Crippen molar-refractivity contribution in [3.05, 3.63) is 0 Å². The van der Waals surface area contributed by atoms with Gasteiger partial charge in [-0.05, 0) is 19.8 Å². The Morgan fingerprint density at radius 3 is 2.07 bits per heavy atom. The van der Waals surface area contributed by atoms with Crippen molar-refractivity contribution in [3.63, 3.8) is 0 Å². The molecule has 1 unspecified atom stereocenters. The van der Waals surface area contributed by atoms with Crippen molar-refractivity contribution < 1.29 is 13.2 Å². The highest BCUT2D eigenvalue weighted by molar-refractivity contribution is 9.09. The molecule has 0 bridgehead atoms. The van der Waals surface area contributed by atoms with E-state index in [0.717, 1.165) is 11.8 Å². The Balaban J connectivity index is 4.27. The number of nitrogens with zero attached hydrogens (tertiary/aromatic N) is 1. The smallest absolute Gasteiger partial charge is 0.292 e. The third-order valence-electron chi connectivity index (χ3n) is 2.40. The van der Waals surface area contributed by atoms with Crippen LogP contribution in [0, 0.1) is 5.92 Å². The first kappa shape index (κ1) is 15.2. The minimum Gasteiger partial charge on any atom is -0.292 e. The Kier molecular flexibility index (Phi) is 6.84. The molecule has 1 atom stereocenters. The van der Waals surface area contributed by atoms with Gasteiger partial charge >= 0.3 is 6.18 Å². The molecule has 5 heteroatoms. The number of hydrogen-bond acceptors (Lipinski definition) is 1. The second kappa shape index (κ2) is 6.74. The van der Waals surface area contributed by atoms with Gasteiger partial charge in [0.15, 0.2) is 0 Å². The third kappa shape index (κ3) is 7.17. The zero-order valence-corrected chi connectivity index (χ0v) is 11.0. The molecule has 0 heterocycles. The standard InChI is InChI=1S/C10H19BrF3N/c1-4-9(5-11)6-15(8(2)3)7-10(12,13)14/h8-9H,4-7H2,1-3H3. The van der Waals surface area contributed by atoms with E-state index in [1.165, 1.54) is 4.90 Å². The molecule has 0 saturated carbocycles. The van der Waals surface area contributed by atoms with E-state index in [-0.39, 0.29) is 12.0 Å². The lowest BCUT2D eigenvalue weighted by molar-refractivity contribution is -0.150. The predicted molar refractivity (Wildman–Crippen MR) is 60.3 cm³/mol. The molecular weight excluding hydrogens is 271 g/mol. The first-order chi connectivity index (χ1) is 6.80. The van der Waals surface area contributed by atoms with E-state index >= 15 is 0 Å². The zero-order valence-electron chi connectivity index (χ0n) is 9.44. The molecule has 0 aromatic heterocycles. The van der Waals surface area contributed by atoms with Crippen LogP contribution in [0.5, 0.6) is 0 Å². The molecule has 0 saturated heterocycles. The fourth-order valence-electron chi connectivity index (χ4n) is 1.31. The van der Waals surface area contributed by atoms with Crippen LogP contribution in [0.3, 0.4) is 0 Å². The van der Waals surface area contributed by atoms with Crippen LogP contribution in [0.15, 0.2) is 0 Å². The molecule has 0 radical (unpaired) electrons. The van der Waals surface area contributed by atoms with Gasteiger partial charge in [-0.3, -0.25) is 4.90 Å². The largest absolute Gasteiger partial charge is 0.401 e. The quantitative estimate of drug-likeness (QED) is 0.674. The van der Waals surface area contributed by atoms with E-state index in [1.54, 1.807) is 13.8 Å². The van der Waals surface area contributed by atoms with E-state index < -0.39 is 12.7 Å². The average molecular weight is 290 g/mol. The molecule has 1 nitrogen and oxygen atoms in total. The van der Waals surface area contributed by atoms with Gasteiger partial charge in [-0.2, -0.15) is 13.2 Å². The first-order valence-corrected chi connectivity index (χ1v) is 6.29. The highest BCUT2D eigenvalue weighted by atomic mass is 79.9. The van der Waals surface area contributed by atoms with E-state index in [0.29, 0.717) is 6.54 Å². The monoisotopic (exact) mass is 289 g/mol. The summed E-state index contributed by atoms with van der Waals surface area (Å²) in [5.41, 5.74) is 0. The van der Waals surface area contributed by atoms with Crippen molar-refractivity contribution in [3.8, 4) is 0 Å². The maximum absolute atomic E-state index is 12.3. The second-order valence-corrected chi connectivity index (χ2v) is 4.71. The summed E-state index contributed by atoms with van der Waals surface area (Å²) in [7, 11) is 0. The van der Waals surface area contributed by atoms with Crippen LogP contribution in [-0.4, -0.2) is 35.5 Å². The molecule has 0 amide bonds. The molecule has 0 fully saturated rings. The number of hydrogen-bond donors (Lipinski definition) is 0. The molecule has 15 heavy (non-hydrogen) atoms. The van der Waals surface area contributed by atoms with Gasteiger partial charge in [-0.1, -0.05) is 29.3 Å². The molecule has 92 valence electrons. The van der Waals surface area contributed by atoms with Crippen molar-refractivity contribution in [1.82, 2.24) is 4.90 Å². The Labute approximate surface area is 98.1 Å². The number of halogens is 4. The molecule has 0 N–H and O–H groups in total. The van der Waals surface area contributed by atoms with Crippen LogP contribution in [0.25, 0.3) is 0 Å². The molecule has 0 aromatic rings. The summed E-state index contributed by atoms with van der Waals surface area (Å²) in [4.78, 5) is 1.48.